The molecule has 0 bridgehead atoms. The van der Waals surface area contributed by atoms with Gasteiger partial charge in [-0.25, -0.2) is 0 Å². The van der Waals surface area contributed by atoms with Crippen molar-refractivity contribution in [1.82, 2.24) is 9.80 Å². The predicted molar refractivity (Wildman–Crippen MR) is 71.7 cm³/mol. The Hall–Kier alpha value is -1.10. The highest BCUT2D eigenvalue weighted by atomic mass is 16.5. The number of hydrogen-bond acceptors (Lipinski definition) is 4. The van der Waals surface area contributed by atoms with Gasteiger partial charge in [0.15, 0.2) is 0 Å². The van der Waals surface area contributed by atoms with Crippen LogP contribution in [0.25, 0.3) is 0 Å². The standard InChI is InChI=1S/C14H24N2O3/c1-19-14(18)12-7-3-6-10-16(12)11-13(17)15-8-4-2-5-9-15/h12H,2-11H2,1H3. The van der Waals surface area contributed by atoms with Gasteiger partial charge in [-0.1, -0.05) is 6.42 Å². The van der Waals surface area contributed by atoms with E-state index in [4.69, 9.17) is 4.74 Å². The minimum Gasteiger partial charge on any atom is -0.468 e. The van der Waals surface area contributed by atoms with Gasteiger partial charge in [0.2, 0.25) is 5.91 Å². The van der Waals surface area contributed by atoms with Gasteiger partial charge < -0.3 is 9.64 Å². The summed E-state index contributed by atoms with van der Waals surface area (Å²) in [5.74, 6) is -0.0401. The summed E-state index contributed by atoms with van der Waals surface area (Å²) in [5.41, 5.74) is 0. The summed E-state index contributed by atoms with van der Waals surface area (Å²) >= 11 is 0. The number of piperidine rings is 2. The van der Waals surface area contributed by atoms with E-state index in [0.29, 0.717) is 6.54 Å². The summed E-state index contributed by atoms with van der Waals surface area (Å²) in [7, 11) is 1.42. The maximum Gasteiger partial charge on any atom is 0.323 e. The molecule has 19 heavy (non-hydrogen) atoms. The second-order valence-corrected chi connectivity index (χ2v) is 5.45. The van der Waals surface area contributed by atoms with Crippen LogP contribution in [0.5, 0.6) is 0 Å². The van der Waals surface area contributed by atoms with Gasteiger partial charge >= 0.3 is 5.97 Å². The molecule has 2 rings (SSSR count). The molecule has 1 unspecified atom stereocenters. The molecule has 0 N–H and O–H groups in total. The van der Waals surface area contributed by atoms with Crippen molar-refractivity contribution in [2.45, 2.75) is 44.6 Å². The summed E-state index contributed by atoms with van der Waals surface area (Å²) in [5, 5.41) is 0. The van der Waals surface area contributed by atoms with Crippen molar-refractivity contribution >= 4 is 11.9 Å². The maximum absolute atomic E-state index is 12.3. The molecular weight excluding hydrogens is 244 g/mol. The topological polar surface area (TPSA) is 49.9 Å². The number of methoxy groups -OCH3 is 1. The Kier molecular flexibility index (Phi) is 5.19. The van der Waals surface area contributed by atoms with E-state index in [2.05, 4.69) is 0 Å². The van der Waals surface area contributed by atoms with E-state index >= 15 is 0 Å². The number of nitrogens with zero attached hydrogens (tertiary/aromatic N) is 2. The smallest absolute Gasteiger partial charge is 0.323 e. The third-order valence-corrected chi connectivity index (χ3v) is 4.13. The molecule has 2 aliphatic heterocycles. The molecule has 0 saturated carbocycles. The average molecular weight is 268 g/mol. The molecule has 0 spiro atoms. The van der Waals surface area contributed by atoms with E-state index in [1.807, 2.05) is 9.80 Å². The number of rotatable bonds is 3. The molecule has 2 saturated heterocycles. The van der Waals surface area contributed by atoms with Crippen molar-refractivity contribution in [2.24, 2.45) is 0 Å². The van der Waals surface area contributed by atoms with E-state index in [1.54, 1.807) is 0 Å². The zero-order valence-electron chi connectivity index (χ0n) is 11.8. The summed E-state index contributed by atoms with van der Waals surface area (Å²) < 4.78 is 4.84. The minimum atomic E-state index is -0.229. The lowest BCUT2D eigenvalue weighted by atomic mass is 10.0. The molecular formula is C14H24N2O3. The third-order valence-electron chi connectivity index (χ3n) is 4.13. The first-order chi connectivity index (χ1) is 9.22. The Labute approximate surface area is 114 Å². The zero-order valence-corrected chi connectivity index (χ0v) is 11.8. The molecule has 5 nitrogen and oxygen atoms in total. The van der Waals surface area contributed by atoms with Crippen LogP contribution < -0.4 is 0 Å². The van der Waals surface area contributed by atoms with E-state index in [-0.39, 0.29) is 17.9 Å². The van der Waals surface area contributed by atoms with Crippen LogP contribution in [0.3, 0.4) is 0 Å². The lowest BCUT2D eigenvalue weighted by Gasteiger charge is -2.35. The lowest BCUT2D eigenvalue weighted by molar-refractivity contribution is -0.149. The van der Waals surface area contributed by atoms with Crippen LogP contribution in [-0.4, -0.2) is 61.0 Å². The van der Waals surface area contributed by atoms with Gasteiger partial charge in [0, 0.05) is 13.1 Å². The number of ether oxygens (including phenoxy) is 1. The minimum absolute atomic E-state index is 0.163. The van der Waals surface area contributed by atoms with Gasteiger partial charge in [-0.15, -0.1) is 0 Å². The van der Waals surface area contributed by atoms with E-state index in [0.717, 1.165) is 51.7 Å². The zero-order chi connectivity index (χ0) is 13.7. The van der Waals surface area contributed by atoms with Gasteiger partial charge in [-0.05, 0) is 38.6 Å². The molecule has 5 heteroatoms. The number of likely N-dealkylation sites (tertiary alicyclic amines) is 2. The fraction of sp³-hybridized carbons (Fsp3) is 0.857. The van der Waals surface area contributed by atoms with Gasteiger partial charge in [-0.3, -0.25) is 14.5 Å². The van der Waals surface area contributed by atoms with Crippen molar-refractivity contribution in [3.8, 4) is 0 Å². The number of hydrogen-bond donors (Lipinski definition) is 0. The fourth-order valence-electron chi connectivity index (χ4n) is 3.00. The molecule has 2 aliphatic rings. The SMILES string of the molecule is COC(=O)C1CCCCN1CC(=O)N1CCCCC1. The molecule has 0 aromatic rings. The normalized spacial score (nSPS) is 25.1. The van der Waals surface area contributed by atoms with Crippen molar-refractivity contribution in [2.75, 3.05) is 33.3 Å². The summed E-state index contributed by atoms with van der Waals surface area (Å²) in [6.45, 7) is 2.92. The first-order valence-electron chi connectivity index (χ1n) is 7.32. The van der Waals surface area contributed by atoms with Crippen molar-refractivity contribution < 1.29 is 14.3 Å². The van der Waals surface area contributed by atoms with E-state index in [9.17, 15) is 9.59 Å². The molecule has 0 aromatic heterocycles. The van der Waals surface area contributed by atoms with Crippen LogP contribution >= 0.6 is 0 Å². The highest BCUT2D eigenvalue weighted by Crippen LogP contribution is 2.18. The first-order valence-corrected chi connectivity index (χ1v) is 7.32. The Morgan fingerprint density at radius 2 is 1.74 bits per heavy atom. The van der Waals surface area contributed by atoms with Crippen LogP contribution in [0, 0.1) is 0 Å². The quantitative estimate of drug-likeness (QED) is 0.717. The first kappa shape index (κ1) is 14.3. The van der Waals surface area contributed by atoms with E-state index in [1.165, 1.54) is 13.5 Å². The Morgan fingerprint density at radius 1 is 1.05 bits per heavy atom. The summed E-state index contributed by atoms with van der Waals surface area (Å²) in [4.78, 5) is 27.9. The third kappa shape index (κ3) is 3.69. The molecule has 2 fully saturated rings. The predicted octanol–water partition coefficient (Wildman–Crippen LogP) is 1.03. The van der Waals surface area contributed by atoms with Crippen LogP contribution in [-0.2, 0) is 14.3 Å². The summed E-state index contributed by atoms with van der Waals surface area (Å²) in [6.07, 6.45) is 6.32. The van der Waals surface area contributed by atoms with Crippen LogP contribution in [0.15, 0.2) is 0 Å². The monoisotopic (exact) mass is 268 g/mol. The average Bonchev–Trinajstić information content (AvgIpc) is 2.48. The molecule has 0 aliphatic carbocycles. The Balaban J connectivity index is 1.91. The second kappa shape index (κ2) is 6.89. The van der Waals surface area contributed by atoms with Crippen LogP contribution in [0.2, 0.25) is 0 Å². The Morgan fingerprint density at radius 3 is 2.42 bits per heavy atom. The highest BCUT2D eigenvalue weighted by molar-refractivity contribution is 5.80. The molecule has 0 aromatic carbocycles. The highest BCUT2D eigenvalue weighted by Gasteiger charge is 2.31. The maximum atomic E-state index is 12.3. The van der Waals surface area contributed by atoms with Gasteiger partial charge in [0.05, 0.1) is 13.7 Å². The number of amides is 1. The number of carbonyl (C=O) groups excluding carboxylic acids is 2. The van der Waals surface area contributed by atoms with Crippen molar-refractivity contribution in [3.63, 3.8) is 0 Å². The fourth-order valence-corrected chi connectivity index (χ4v) is 3.00. The van der Waals surface area contributed by atoms with Gasteiger partial charge in [0.1, 0.15) is 6.04 Å². The molecule has 2 heterocycles. The molecule has 1 atom stereocenters. The molecule has 1 amide bonds. The van der Waals surface area contributed by atoms with Gasteiger partial charge in [0.25, 0.3) is 0 Å². The summed E-state index contributed by atoms with van der Waals surface area (Å²) in [6, 6.07) is -0.229. The second-order valence-electron chi connectivity index (χ2n) is 5.45. The van der Waals surface area contributed by atoms with Gasteiger partial charge in [-0.2, -0.15) is 0 Å². The lowest BCUT2D eigenvalue weighted by Crippen LogP contribution is -2.50. The van der Waals surface area contributed by atoms with Crippen molar-refractivity contribution in [3.05, 3.63) is 0 Å². The van der Waals surface area contributed by atoms with Crippen molar-refractivity contribution in [1.29, 1.82) is 0 Å². The van der Waals surface area contributed by atoms with Crippen LogP contribution in [0.4, 0.5) is 0 Å². The molecule has 108 valence electrons. The van der Waals surface area contributed by atoms with Crippen LogP contribution in [0.1, 0.15) is 38.5 Å². The van der Waals surface area contributed by atoms with E-state index < -0.39 is 0 Å². The molecule has 0 radical (unpaired) electrons. The largest absolute Gasteiger partial charge is 0.468 e. The number of carbonyl (C=O) groups is 2. The Bertz CT molecular complexity index is 327. The number of esters is 1.